The highest BCUT2D eigenvalue weighted by molar-refractivity contribution is 7.41. The molecule has 0 aromatic heterocycles. The molecule has 0 aromatic rings. The van der Waals surface area contributed by atoms with E-state index >= 15 is 0 Å². The number of carbonyl (C=O) groups is 2. The van der Waals surface area contributed by atoms with E-state index in [0.717, 1.165) is 32.1 Å². The summed E-state index contributed by atoms with van der Waals surface area (Å²) in [6, 6.07) is 0. The van der Waals surface area contributed by atoms with Crippen molar-refractivity contribution < 1.29 is 29.3 Å². The monoisotopic (exact) mass is 291 g/mol. The van der Waals surface area contributed by atoms with Gasteiger partial charge in [0, 0.05) is 5.92 Å². The molecule has 6 nitrogen and oxygen atoms in total. The number of hydrogen-bond donors (Lipinski definition) is 3. The highest BCUT2D eigenvalue weighted by atomic mass is 31.1. The number of hydrogen-bond acceptors (Lipinski definition) is 3. The molecule has 3 unspecified atom stereocenters. The van der Waals surface area contributed by atoms with E-state index in [2.05, 4.69) is 0 Å². The van der Waals surface area contributed by atoms with E-state index in [-0.39, 0.29) is 12.3 Å². The normalized spacial score (nSPS) is 22.3. The van der Waals surface area contributed by atoms with Crippen LogP contribution in [-0.4, -0.2) is 32.2 Å². The highest BCUT2D eigenvalue weighted by Gasteiger charge is 2.60. The van der Waals surface area contributed by atoms with Gasteiger partial charge in [-0.3, -0.25) is 4.79 Å². The van der Waals surface area contributed by atoms with Crippen LogP contribution in [-0.2, 0) is 14.2 Å². The molecule has 3 N–H and O–H groups in total. The summed E-state index contributed by atoms with van der Waals surface area (Å²) in [6.07, 6.45) is 3.95. The molecule has 108 valence electrons. The van der Waals surface area contributed by atoms with Crippen LogP contribution in [0.15, 0.2) is 0 Å². The predicted molar refractivity (Wildman–Crippen MR) is 68.2 cm³/mol. The van der Waals surface area contributed by atoms with Crippen molar-refractivity contribution in [2.45, 2.75) is 50.6 Å². The molecule has 0 spiro atoms. The first-order chi connectivity index (χ1) is 8.80. The maximum atomic E-state index is 11.5. The minimum absolute atomic E-state index is 0.114. The van der Waals surface area contributed by atoms with E-state index in [1.807, 2.05) is 0 Å². The molecular weight excluding hydrogens is 271 g/mol. The zero-order chi connectivity index (χ0) is 14.6. The van der Waals surface area contributed by atoms with E-state index in [4.69, 9.17) is 5.11 Å². The molecule has 0 saturated heterocycles. The zero-order valence-corrected chi connectivity index (χ0v) is 11.8. The van der Waals surface area contributed by atoms with Gasteiger partial charge in [0.05, 0.1) is 6.42 Å². The largest absolute Gasteiger partial charge is 0.523 e. The SMILES string of the molecule is CC(C(=O)O)(C(CC(=O)O)C1CCCCC1)[P+](=O)O. The Bertz CT molecular complexity index is 360. The third kappa shape index (κ3) is 3.51. The third-order valence-corrected chi connectivity index (χ3v) is 5.48. The Morgan fingerprint density at radius 3 is 2.16 bits per heavy atom. The first-order valence-electron chi connectivity index (χ1n) is 6.41. The number of aliphatic carboxylic acids is 2. The van der Waals surface area contributed by atoms with Gasteiger partial charge >= 0.3 is 20.0 Å². The van der Waals surface area contributed by atoms with Crippen LogP contribution < -0.4 is 0 Å². The number of carboxylic acid groups (broad SMARTS) is 2. The fourth-order valence-corrected chi connectivity index (χ4v) is 3.68. The number of rotatable bonds is 6. The Hall–Kier alpha value is -1.00. The molecule has 0 heterocycles. The van der Waals surface area contributed by atoms with Crippen molar-refractivity contribution in [2.24, 2.45) is 11.8 Å². The van der Waals surface area contributed by atoms with Gasteiger partial charge in [0.2, 0.25) is 0 Å². The van der Waals surface area contributed by atoms with Crippen LogP contribution >= 0.6 is 8.03 Å². The van der Waals surface area contributed by atoms with Crippen molar-refractivity contribution in [3.05, 3.63) is 0 Å². The smallest absolute Gasteiger partial charge is 0.481 e. The fourth-order valence-electron chi connectivity index (χ4n) is 2.93. The van der Waals surface area contributed by atoms with E-state index in [1.165, 1.54) is 6.92 Å². The molecule has 1 fully saturated rings. The molecule has 1 aliphatic carbocycles. The van der Waals surface area contributed by atoms with Crippen LogP contribution in [0.4, 0.5) is 0 Å². The maximum Gasteiger partial charge on any atom is 0.523 e. The summed E-state index contributed by atoms with van der Waals surface area (Å²) in [7, 11) is -2.99. The predicted octanol–water partition coefficient (Wildman–Crippen LogP) is 2.24. The van der Waals surface area contributed by atoms with Crippen molar-refractivity contribution in [1.82, 2.24) is 0 Å². The second-order valence-corrected chi connectivity index (χ2v) is 6.80. The first-order valence-corrected chi connectivity index (χ1v) is 7.62. The first kappa shape index (κ1) is 16.1. The van der Waals surface area contributed by atoms with Crippen molar-refractivity contribution >= 4 is 20.0 Å². The lowest BCUT2D eigenvalue weighted by atomic mass is 9.72. The molecule has 1 aliphatic rings. The van der Waals surface area contributed by atoms with E-state index in [1.54, 1.807) is 0 Å². The van der Waals surface area contributed by atoms with Crippen molar-refractivity contribution in [2.75, 3.05) is 0 Å². The lowest BCUT2D eigenvalue weighted by molar-refractivity contribution is -0.144. The molecule has 0 aromatic carbocycles. The third-order valence-electron chi connectivity index (χ3n) is 4.17. The van der Waals surface area contributed by atoms with Crippen molar-refractivity contribution in [3.8, 4) is 0 Å². The Balaban J connectivity index is 3.08. The molecule has 19 heavy (non-hydrogen) atoms. The fraction of sp³-hybridized carbons (Fsp3) is 0.833. The Labute approximate surface area is 112 Å². The molecule has 1 saturated carbocycles. The van der Waals surface area contributed by atoms with Gasteiger partial charge in [-0.25, -0.2) is 4.79 Å². The van der Waals surface area contributed by atoms with E-state index in [0.29, 0.717) is 0 Å². The summed E-state index contributed by atoms with van der Waals surface area (Å²) >= 11 is 0. The Kier molecular flexibility index (Phi) is 5.44. The molecule has 0 bridgehead atoms. The summed E-state index contributed by atoms with van der Waals surface area (Å²) in [4.78, 5) is 31.8. The summed E-state index contributed by atoms with van der Waals surface area (Å²) in [6.45, 7) is 1.19. The van der Waals surface area contributed by atoms with Gasteiger partial charge in [-0.05, 0) is 30.2 Å². The molecular formula is C12H20O6P+. The molecule has 0 aliphatic heterocycles. The van der Waals surface area contributed by atoms with Gasteiger partial charge in [-0.1, -0.05) is 19.3 Å². The van der Waals surface area contributed by atoms with Crippen molar-refractivity contribution in [1.29, 1.82) is 0 Å². The minimum atomic E-state index is -2.99. The molecule has 7 heteroatoms. The van der Waals surface area contributed by atoms with Crippen LogP contribution in [0.2, 0.25) is 0 Å². The van der Waals surface area contributed by atoms with Gasteiger partial charge in [0.15, 0.2) is 0 Å². The molecule has 0 radical (unpaired) electrons. The highest BCUT2D eigenvalue weighted by Crippen LogP contribution is 2.49. The minimum Gasteiger partial charge on any atom is -0.481 e. The van der Waals surface area contributed by atoms with Crippen LogP contribution in [0, 0.1) is 11.8 Å². The summed E-state index contributed by atoms with van der Waals surface area (Å²) in [5, 5.41) is 16.4. The van der Waals surface area contributed by atoms with Crippen LogP contribution in [0.25, 0.3) is 0 Å². The maximum absolute atomic E-state index is 11.5. The number of carboxylic acids is 2. The lowest BCUT2D eigenvalue weighted by Crippen LogP contribution is -2.45. The Morgan fingerprint density at radius 1 is 1.26 bits per heavy atom. The van der Waals surface area contributed by atoms with E-state index < -0.39 is 31.0 Å². The molecule has 1 rings (SSSR count). The zero-order valence-electron chi connectivity index (χ0n) is 10.9. The summed E-state index contributed by atoms with van der Waals surface area (Å²) in [5.41, 5.74) is 0. The van der Waals surface area contributed by atoms with Gasteiger partial charge in [0.1, 0.15) is 0 Å². The van der Waals surface area contributed by atoms with Crippen molar-refractivity contribution in [3.63, 3.8) is 0 Å². The second-order valence-electron chi connectivity index (χ2n) is 5.33. The van der Waals surface area contributed by atoms with Crippen LogP contribution in [0.3, 0.4) is 0 Å². The van der Waals surface area contributed by atoms with Crippen LogP contribution in [0.1, 0.15) is 45.4 Å². The summed E-state index contributed by atoms with van der Waals surface area (Å²) in [5.74, 6) is -3.44. The Morgan fingerprint density at radius 2 is 1.79 bits per heavy atom. The second kappa shape index (κ2) is 6.44. The van der Waals surface area contributed by atoms with Gasteiger partial charge in [-0.15, -0.1) is 0 Å². The van der Waals surface area contributed by atoms with Gasteiger partial charge < -0.3 is 10.2 Å². The standard InChI is InChI=1S/C12H19O6P/c1-12(11(15)16,19(17)18)9(7-10(13)14)8-5-3-2-4-6-8/h8-9H,2-7H2,1H3,(H2-,13,14,15,16,17,18)/p+1. The molecule has 3 atom stereocenters. The topological polar surface area (TPSA) is 112 Å². The van der Waals surface area contributed by atoms with Gasteiger partial charge in [-0.2, -0.15) is 4.89 Å². The average Bonchev–Trinajstić information content (AvgIpc) is 2.35. The van der Waals surface area contributed by atoms with Crippen LogP contribution in [0.5, 0.6) is 0 Å². The summed E-state index contributed by atoms with van der Waals surface area (Å²) < 4.78 is 11.5. The average molecular weight is 291 g/mol. The lowest BCUT2D eigenvalue weighted by Gasteiger charge is -2.33. The van der Waals surface area contributed by atoms with E-state index in [9.17, 15) is 24.2 Å². The quantitative estimate of drug-likeness (QED) is 0.647. The van der Waals surface area contributed by atoms with Gasteiger partial charge in [0.25, 0.3) is 5.16 Å². The molecule has 0 amide bonds.